The fraction of sp³-hybridized carbons (Fsp3) is 0.0588. The highest BCUT2D eigenvalue weighted by Gasteiger charge is 2.07. The molecule has 3 rings (SSSR count). The molecule has 0 unspecified atom stereocenters. The first-order chi connectivity index (χ1) is 10.7. The van der Waals surface area contributed by atoms with Crippen LogP contribution in [0.25, 0.3) is 10.9 Å². The number of aromatic amines is 1. The molecule has 2 N–H and O–H groups in total. The first-order valence-electron chi connectivity index (χ1n) is 6.86. The number of carbonyl (C=O) groups excluding carboxylic acids is 1. The maximum Gasteiger partial charge on any atom is 0.244 e. The molecule has 1 amide bonds. The van der Waals surface area contributed by atoms with Crippen molar-refractivity contribution in [3.05, 3.63) is 70.9 Å². The number of fused-ring (bicyclic) bond motifs is 1. The molecule has 0 aliphatic rings. The predicted molar refractivity (Wildman–Crippen MR) is 89.2 cm³/mol. The molecule has 110 valence electrons. The second-order valence-electron chi connectivity index (χ2n) is 4.85. The van der Waals surface area contributed by atoms with Gasteiger partial charge in [0.25, 0.3) is 0 Å². The van der Waals surface area contributed by atoms with Crippen molar-refractivity contribution in [1.82, 2.24) is 10.4 Å². The van der Waals surface area contributed by atoms with Gasteiger partial charge in [0, 0.05) is 10.9 Å². The normalized spacial score (nSPS) is 11.1. The van der Waals surface area contributed by atoms with Crippen LogP contribution in [0.3, 0.4) is 0 Å². The number of hydrazone groups is 1. The van der Waals surface area contributed by atoms with Crippen LogP contribution in [-0.2, 0) is 11.2 Å². The zero-order valence-corrected chi connectivity index (χ0v) is 12.5. The molecule has 0 spiro atoms. The number of benzene rings is 2. The Hall–Kier alpha value is -2.59. The van der Waals surface area contributed by atoms with Gasteiger partial charge in [0.05, 0.1) is 23.4 Å². The van der Waals surface area contributed by atoms with E-state index in [1.165, 1.54) is 6.21 Å². The number of halogens is 1. The maximum absolute atomic E-state index is 11.8. The van der Waals surface area contributed by atoms with Crippen LogP contribution in [0.5, 0.6) is 0 Å². The van der Waals surface area contributed by atoms with E-state index in [9.17, 15) is 4.79 Å². The van der Waals surface area contributed by atoms with Crippen LogP contribution in [0.4, 0.5) is 0 Å². The van der Waals surface area contributed by atoms with Gasteiger partial charge < -0.3 is 4.98 Å². The summed E-state index contributed by atoms with van der Waals surface area (Å²) in [5.74, 6) is -0.172. The van der Waals surface area contributed by atoms with E-state index in [0.29, 0.717) is 17.1 Å². The minimum atomic E-state index is -0.172. The van der Waals surface area contributed by atoms with E-state index >= 15 is 0 Å². The summed E-state index contributed by atoms with van der Waals surface area (Å²) in [5, 5.41) is 5.48. The number of H-pyrrole nitrogens is 1. The van der Waals surface area contributed by atoms with Gasteiger partial charge in [-0.2, -0.15) is 5.10 Å². The molecule has 1 aromatic heterocycles. The second kappa shape index (κ2) is 6.45. The molecule has 2 aromatic carbocycles. The fourth-order valence-corrected chi connectivity index (χ4v) is 2.47. The molecule has 3 aromatic rings. The Morgan fingerprint density at radius 1 is 1.14 bits per heavy atom. The van der Waals surface area contributed by atoms with E-state index in [1.54, 1.807) is 0 Å². The van der Waals surface area contributed by atoms with Crippen LogP contribution in [0.2, 0.25) is 5.02 Å². The Labute approximate surface area is 132 Å². The van der Waals surface area contributed by atoms with Gasteiger partial charge in [-0.1, -0.05) is 60.1 Å². The smallest absolute Gasteiger partial charge is 0.244 e. The molecule has 0 aliphatic heterocycles. The van der Waals surface area contributed by atoms with Gasteiger partial charge in [-0.25, -0.2) is 5.43 Å². The molecule has 5 heteroatoms. The second-order valence-corrected chi connectivity index (χ2v) is 5.23. The van der Waals surface area contributed by atoms with Gasteiger partial charge in [0.2, 0.25) is 5.91 Å². The standard InChI is InChI=1S/C17H14ClN3O/c18-17-13-8-4-5-9-14(13)20-15(17)11-19-21-16(22)10-12-6-2-1-3-7-12/h1-9,11,20H,10H2,(H,21,22). The monoisotopic (exact) mass is 311 g/mol. The number of amides is 1. The first kappa shape index (κ1) is 14.4. The summed E-state index contributed by atoms with van der Waals surface area (Å²) < 4.78 is 0. The Morgan fingerprint density at radius 2 is 1.86 bits per heavy atom. The molecule has 0 saturated heterocycles. The quantitative estimate of drug-likeness (QED) is 0.562. The van der Waals surface area contributed by atoms with Crippen molar-refractivity contribution in [2.24, 2.45) is 5.10 Å². The van der Waals surface area contributed by atoms with Crippen LogP contribution < -0.4 is 5.43 Å². The van der Waals surface area contributed by atoms with Crippen molar-refractivity contribution in [2.45, 2.75) is 6.42 Å². The molecule has 0 atom stereocenters. The van der Waals surface area contributed by atoms with Crippen LogP contribution >= 0.6 is 11.6 Å². The fourth-order valence-electron chi connectivity index (χ4n) is 2.21. The number of nitrogens with zero attached hydrogens (tertiary/aromatic N) is 1. The van der Waals surface area contributed by atoms with E-state index in [0.717, 1.165) is 16.5 Å². The van der Waals surface area contributed by atoms with Gasteiger partial charge in [-0.15, -0.1) is 0 Å². The van der Waals surface area contributed by atoms with Crippen molar-refractivity contribution >= 4 is 34.6 Å². The van der Waals surface area contributed by atoms with Crippen LogP contribution in [0.1, 0.15) is 11.3 Å². The number of aromatic nitrogens is 1. The molecule has 0 aliphatic carbocycles. The average molecular weight is 312 g/mol. The number of hydrogen-bond donors (Lipinski definition) is 2. The zero-order valence-electron chi connectivity index (χ0n) is 11.7. The lowest BCUT2D eigenvalue weighted by atomic mass is 10.1. The summed E-state index contributed by atoms with van der Waals surface area (Å²) in [6.45, 7) is 0. The topological polar surface area (TPSA) is 57.2 Å². The van der Waals surface area contributed by atoms with Crippen LogP contribution in [-0.4, -0.2) is 17.1 Å². The highest BCUT2D eigenvalue weighted by atomic mass is 35.5. The first-order valence-corrected chi connectivity index (χ1v) is 7.24. The molecule has 22 heavy (non-hydrogen) atoms. The summed E-state index contributed by atoms with van der Waals surface area (Å²) >= 11 is 6.27. The van der Waals surface area contributed by atoms with Crippen LogP contribution in [0.15, 0.2) is 59.7 Å². The summed E-state index contributed by atoms with van der Waals surface area (Å²) in [4.78, 5) is 14.9. The van der Waals surface area contributed by atoms with Crippen molar-refractivity contribution in [2.75, 3.05) is 0 Å². The zero-order chi connectivity index (χ0) is 15.4. The Morgan fingerprint density at radius 3 is 2.64 bits per heavy atom. The van der Waals surface area contributed by atoms with Crippen molar-refractivity contribution in [3.63, 3.8) is 0 Å². The number of nitrogens with one attached hydrogen (secondary N) is 2. The molecule has 4 nitrogen and oxygen atoms in total. The minimum Gasteiger partial charge on any atom is -0.352 e. The Bertz CT molecular complexity index is 824. The predicted octanol–water partition coefficient (Wildman–Crippen LogP) is 3.51. The largest absolute Gasteiger partial charge is 0.352 e. The molecule has 0 saturated carbocycles. The molecular formula is C17H14ClN3O. The number of para-hydroxylation sites is 1. The van der Waals surface area contributed by atoms with E-state index in [1.807, 2.05) is 54.6 Å². The van der Waals surface area contributed by atoms with E-state index in [2.05, 4.69) is 15.5 Å². The Balaban J connectivity index is 1.66. The SMILES string of the molecule is O=C(Cc1ccccc1)NN=Cc1[nH]c2ccccc2c1Cl. The molecule has 0 bridgehead atoms. The summed E-state index contributed by atoms with van der Waals surface area (Å²) in [7, 11) is 0. The van der Waals surface area contributed by atoms with Gasteiger partial charge in [-0.3, -0.25) is 4.79 Å². The van der Waals surface area contributed by atoms with Gasteiger partial charge in [-0.05, 0) is 11.6 Å². The Kier molecular flexibility index (Phi) is 4.21. The van der Waals surface area contributed by atoms with Gasteiger partial charge in [0.15, 0.2) is 0 Å². The van der Waals surface area contributed by atoms with E-state index < -0.39 is 0 Å². The molecular weight excluding hydrogens is 298 g/mol. The van der Waals surface area contributed by atoms with E-state index in [4.69, 9.17) is 11.6 Å². The summed E-state index contributed by atoms with van der Waals surface area (Å²) in [6, 6.07) is 17.2. The van der Waals surface area contributed by atoms with Gasteiger partial charge >= 0.3 is 0 Å². The molecule has 0 radical (unpaired) electrons. The number of carbonyl (C=O) groups is 1. The highest BCUT2D eigenvalue weighted by molar-refractivity contribution is 6.38. The summed E-state index contributed by atoms with van der Waals surface area (Å²) in [5.41, 5.74) is 5.05. The third kappa shape index (κ3) is 3.18. The lowest BCUT2D eigenvalue weighted by molar-refractivity contribution is -0.120. The van der Waals surface area contributed by atoms with Crippen molar-refractivity contribution < 1.29 is 4.79 Å². The van der Waals surface area contributed by atoms with Crippen molar-refractivity contribution in [3.8, 4) is 0 Å². The minimum absolute atomic E-state index is 0.172. The van der Waals surface area contributed by atoms with E-state index in [-0.39, 0.29) is 5.91 Å². The van der Waals surface area contributed by atoms with Gasteiger partial charge in [0.1, 0.15) is 0 Å². The molecule has 0 fully saturated rings. The van der Waals surface area contributed by atoms with Crippen LogP contribution in [0, 0.1) is 0 Å². The third-order valence-electron chi connectivity index (χ3n) is 3.26. The number of rotatable bonds is 4. The average Bonchev–Trinajstić information content (AvgIpc) is 2.85. The lowest BCUT2D eigenvalue weighted by Crippen LogP contribution is -2.19. The summed E-state index contributed by atoms with van der Waals surface area (Å²) in [6.07, 6.45) is 1.81. The van der Waals surface area contributed by atoms with Crippen molar-refractivity contribution in [1.29, 1.82) is 0 Å². The third-order valence-corrected chi connectivity index (χ3v) is 3.67. The number of hydrogen-bond acceptors (Lipinski definition) is 2. The highest BCUT2D eigenvalue weighted by Crippen LogP contribution is 2.25. The molecule has 1 heterocycles. The lowest BCUT2D eigenvalue weighted by Gasteiger charge is -1.99. The maximum atomic E-state index is 11.8.